The summed E-state index contributed by atoms with van der Waals surface area (Å²) in [5.41, 5.74) is 8.81. The highest BCUT2D eigenvalue weighted by atomic mass is 16.5. The molecule has 4 nitrogen and oxygen atoms in total. The van der Waals surface area contributed by atoms with E-state index in [2.05, 4.69) is 4.74 Å². The lowest BCUT2D eigenvalue weighted by atomic mass is 10.00. The number of carbonyl (C=O) groups excluding carboxylic acids is 2. The van der Waals surface area contributed by atoms with E-state index in [9.17, 15) is 9.59 Å². The van der Waals surface area contributed by atoms with Crippen molar-refractivity contribution < 1.29 is 14.3 Å². The van der Waals surface area contributed by atoms with Gasteiger partial charge in [0.05, 0.1) is 7.11 Å². The Kier molecular flexibility index (Phi) is 5.44. The Balaban J connectivity index is 2.05. The molecule has 0 saturated carbocycles. The average molecular weight is 297 g/mol. The minimum absolute atomic E-state index is 0.0249. The van der Waals surface area contributed by atoms with Crippen LogP contribution in [0.25, 0.3) is 0 Å². The van der Waals surface area contributed by atoms with Crippen molar-refractivity contribution in [1.29, 1.82) is 0 Å². The number of hydrogen-bond donors (Lipinski definition) is 1. The first-order valence-electron chi connectivity index (χ1n) is 7.13. The predicted octanol–water partition coefficient (Wildman–Crippen LogP) is 2.48. The molecule has 0 aromatic heterocycles. The standard InChI is InChI=1S/C18H19NO3/c1-22-17(20)11-6-13-2-7-15(8-3-13)18(21)16-9-4-14(12-19)5-10-16/h2-5,7-10H,6,11-12,19H2,1H3. The number of aryl methyl sites for hydroxylation is 1. The molecule has 4 heteroatoms. The number of nitrogens with two attached hydrogens (primary N) is 1. The summed E-state index contributed by atoms with van der Waals surface area (Å²) in [4.78, 5) is 23.5. The fraction of sp³-hybridized carbons (Fsp3) is 0.222. The predicted molar refractivity (Wildman–Crippen MR) is 84.5 cm³/mol. The van der Waals surface area contributed by atoms with Crippen molar-refractivity contribution in [2.24, 2.45) is 5.73 Å². The third kappa shape index (κ3) is 4.02. The zero-order valence-electron chi connectivity index (χ0n) is 12.5. The van der Waals surface area contributed by atoms with Gasteiger partial charge in [0, 0.05) is 24.1 Å². The summed E-state index contributed by atoms with van der Waals surface area (Å²) in [5.74, 6) is -0.261. The number of methoxy groups -OCH3 is 1. The van der Waals surface area contributed by atoms with Gasteiger partial charge in [-0.25, -0.2) is 0 Å². The van der Waals surface area contributed by atoms with Gasteiger partial charge in [-0.05, 0) is 17.5 Å². The summed E-state index contributed by atoms with van der Waals surface area (Å²) >= 11 is 0. The van der Waals surface area contributed by atoms with E-state index in [1.807, 2.05) is 24.3 Å². The number of benzene rings is 2. The maximum Gasteiger partial charge on any atom is 0.305 e. The van der Waals surface area contributed by atoms with Gasteiger partial charge >= 0.3 is 5.97 Å². The molecule has 0 aliphatic rings. The third-order valence-corrected chi connectivity index (χ3v) is 3.51. The number of carbonyl (C=O) groups is 2. The van der Waals surface area contributed by atoms with Crippen LogP contribution in [0.15, 0.2) is 48.5 Å². The minimum atomic E-state index is -0.236. The number of hydrogen-bond acceptors (Lipinski definition) is 4. The fourth-order valence-electron chi connectivity index (χ4n) is 2.13. The molecule has 0 fully saturated rings. The maximum absolute atomic E-state index is 12.4. The first kappa shape index (κ1) is 15.9. The molecular formula is C18H19NO3. The minimum Gasteiger partial charge on any atom is -0.469 e. The molecule has 2 aromatic carbocycles. The average Bonchev–Trinajstić information content (AvgIpc) is 2.59. The van der Waals surface area contributed by atoms with E-state index in [1.165, 1.54) is 7.11 Å². The van der Waals surface area contributed by atoms with Crippen LogP contribution in [0.1, 0.15) is 33.5 Å². The van der Waals surface area contributed by atoms with Gasteiger partial charge in [-0.1, -0.05) is 48.5 Å². The van der Waals surface area contributed by atoms with E-state index in [4.69, 9.17) is 5.73 Å². The molecule has 2 N–H and O–H groups in total. The lowest BCUT2D eigenvalue weighted by Gasteiger charge is -2.05. The van der Waals surface area contributed by atoms with Crippen LogP contribution in [-0.4, -0.2) is 18.9 Å². The summed E-state index contributed by atoms with van der Waals surface area (Å²) in [5, 5.41) is 0. The molecule has 0 aliphatic carbocycles. The quantitative estimate of drug-likeness (QED) is 0.657. The van der Waals surface area contributed by atoms with Crippen molar-refractivity contribution in [2.75, 3.05) is 7.11 Å². The molecule has 22 heavy (non-hydrogen) atoms. The molecule has 0 aliphatic heterocycles. The SMILES string of the molecule is COC(=O)CCc1ccc(C(=O)c2ccc(CN)cc2)cc1. The van der Waals surface area contributed by atoms with E-state index >= 15 is 0 Å². The largest absolute Gasteiger partial charge is 0.469 e. The maximum atomic E-state index is 12.4. The van der Waals surface area contributed by atoms with Gasteiger partial charge in [0.2, 0.25) is 0 Å². The van der Waals surface area contributed by atoms with Gasteiger partial charge in [-0.3, -0.25) is 9.59 Å². The third-order valence-electron chi connectivity index (χ3n) is 3.51. The van der Waals surface area contributed by atoms with Crippen LogP contribution in [0.3, 0.4) is 0 Å². The molecular weight excluding hydrogens is 278 g/mol. The van der Waals surface area contributed by atoms with Crippen LogP contribution in [-0.2, 0) is 22.5 Å². The summed E-state index contributed by atoms with van der Waals surface area (Å²) < 4.78 is 4.61. The Hall–Kier alpha value is -2.46. The zero-order valence-corrected chi connectivity index (χ0v) is 12.5. The lowest BCUT2D eigenvalue weighted by molar-refractivity contribution is -0.140. The van der Waals surface area contributed by atoms with Crippen LogP contribution in [0.2, 0.25) is 0 Å². The van der Waals surface area contributed by atoms with Crippen molar-refractivity contribution >= 4 is 11.8 Å². The van der Waals surface area contributed by atoms with Gasteiger partial charge < -0.3 is 10.5 Å². The van der Waals surface area contributed by atoms with E-state index in [0.29, 0.717) is 30.5 Å². The second-order valence-electron chi connectivity index (χ2n) is 5.00. The van der Waals surface area contributed by atoms with E-state index in [1.54, 1.807) is 24.3 Å². The molecule has 0 radical (unpaired) electrons. The summed E-state index contributed by atoms with van der Waals surface area (Å²) in [6, 6.07) is 14.6. The Bertz CT molecular complexity index is 645. The Morgan fingerprint density at radius 2 is 1.41 bits per heavy atom. The van der Waals surface area contributed by atoms with Crippen molar-refractivity contribution in [3.8, 4) is 0 Å². The van der Waals surface area contributed by atoms with Gasteiger partial charge in [0.25, 0.3) is 0 Å². The van der Waals surface area contributed by atoms with E-state index < -0.39 is 0 Å². The van der Waals surface area contributed by atoms with E-state index in [0.717, 1.165) is 11.1 Å². The second kappa shape index (κ2) is 7.52. The molecule has 0 atom stereocenters. The molecule has 0 heterocycles. The topological polar surface area (TPSA) is 69.4 Å². The van der Waals surface area contributed by atoms with Crippen molar-refractivity contribution in [3.05, 3.63) is 70.8 Å². The molecule has 0 saturated heterocycles. The van der Waals surface area contributed by atoms with Crippen LogP contribution in [0.5, 0.6) is 0 Å². The van der Waals surface area contributed by atoms with Crippen LogP contribution in [0.4, 0.5) is 0 Å². The molecule has 0 amide bonds. The second-order valence-corrected chi connectivity index (χ2v) is 5.00. The van der Waals surface area contributed by atoms with Crippen LogP contribution >= 0.6 is 0 Å². The van der Waals surface area contributed by atoms with Crippen molar-refractivity contribution in [3.63, 3.8) is 0 Å². The van der Waals surface area contributed by atoms with Crippen LogP contribution in [0, 0.1) is 0 Å². The molecule has 0 spiro atoms. The van der Waals surface area contributed by atoms with Gasteiger partial charge in [-0.2, -0.15) is 0 Å². The molecule has 0 bridgehead atoms. The smallest absolute Gasteiger partial charge is 0.305 e. The first-order chi connectivity index (χ1) is 10.6. The molecule has 0 unspecified atom stereocenters. The first-order valence-corrected chi connectivity index (χ1v) is 7.13. The summed E-state index contributed by atoms with van der Waals surface area (Å²) in [7, 11) is 1.38. The zero-order chi connectivity index (χ0) is 15.9. The van der Waals surface area contributed by atoms with Crippen molar-refractivity contribution in [2.45, 2.75) is 19.4 Å². The summed E-state index contributed by atoms with van der Waals surface area (Å²) in [6.45, 7) is 0.462. The number of ketones is 1. The van der Waals surface area contributed by atoms with Gasteiger partial charge in [0.15, 0.2) is 5.78 Å². The summed E-state index contributed by atoms with van der Waals surface area (Å²) in [6.07, 6.45) is 0.941. The molecule has 114 valence electrons. The number of esters is 1. The number of ether oxygens (including phenoxy) is 1. The highest BCUT2D eigenvalue weighted by Gasteiger charge is 2.09. The fourth-order valence-corrected chi connectivity index (χ4v) is 2.13. The molecule has 2 rings (SSSR count). The highest BCUT2D eigenvalue weighted by Crippen LogP contribution is 2.13. The van der Waals surface area contributed by atoms with Crippen molar-refractivity contribution in [1.82, 2.24) is 0 Å². The Morgan fingerprint density at radius 3 is 1.86 bits per heavy atom. The monoisotopic (exact) mass is 297 g/mol. The van der Waals surface area contributed by atoms with Gasteiger partial charge in [0.1, 0.15) is 0 Å². The Labute approximate surface area is 129 Å². The normalized spacial score (nSPS) is 10.3. The number of rotatable bonds is 6. The highest BCUT2D eigenvalue weighted by molar-refractivity contribution is 6.09. The van der Waals surface area contributed by atoms with E-state index in [-0.39, 0.29) is 11.8 Å². The van der Waals surface area contributed by atoms with Crippen LogP contribution < -0.4 is 5.73 Å². The Morgan fingerprint density at radius 1 is 0.909 bits per heavy atom. The molecule has 2 aromatic rings. The lowest BCUT2D eigenvalue weighted by Crippen LogP contribution is -2.04. The van der Waals surface area contributed by atoms with Gasteiger partial charge in [-0.15, -0.1) is 0 Å².